The van der Waals surface area contributed by atoms with Crippen molar-refractivity contribution in [1.82, 2.24) is 9.88 Å². The van der Waals surface area contributed by atoms with Gasteiger partial charge in [-0.1, -0.05) is 42.5 Å². The third-order valence-corrected chi connectivity index (χ3v) is 6.35. The van der Waals surface area contributed by atoms with Crippen LogP contribution in [-0.4, -0.2) is 40.6 Å². The molecular weight excluding hydrogens is 410 g/mol. The van der Waals surface area contributed by atoms with E-state index in [0.29, 0.717) is 17.4 Å². The van der Waals surface area contributed by atoms with E-state index in [2.05, 4.69) is 77.6 Å². The molecule has 33 heavy (non-hydrogen) atoms. The summed E-state index contributed by atoms with van der Waals surface area (Å²) in [6.45, 7) is 9.99. The summed E-state index contributed by atoms with van der Waals surface area (Å²) in [5.41, 5.74) is 5.62. The normalized spacial score (nSPS) is 18.5. The Morgan fingerprint density at radius 3 is 2.76 bits per heavy atom. The molecule has 0 aliphatic carbocycles. The maximum atomic E-state index is 12.5. The minimum Gasteiger partial charge on any atom is -0.459 e. The third-order valence-electron chi connectivity index (χ3n) is 6.35. The van der Waals surface area contributed by atoms with Crippen LogP contribution >= 0.6 is 0 Å². The van der Waals surface area contributed by atoms with Crippen molar-refractivity contribution in [3.63, 3.8) is 0 Å². The van der Waals surface area contributed by atoms with Gasteiger partial charge in [0, 0.05) is 31.4 Å². The van der Waals surface area contributed by atoms with Crippen molar-refractivity contribution in [2.45, 2.75) is 58.8 Å². The number of nitrogens with one attached hydrogen (secondary N) is 1. The molecule has 3 aromatic rings. The summed E-state index contributed by atoms with van der Waals surface area (Å²) in [5.74, 6) is 0.263. The molecule has 2 heterocycles. The van der Waals surface area contributed by atoms with Gasteiger partial charge in [0.25, 0.3) is 0 Å². The monoisotopic (exact) mass is 443 g/mol. The Balaban J connectivity index is 1.45. The first kappa shape index (κ1) is 23.0. The number of anilines is 1. The van der Waals surface area contributed by atoms with Crippen LogP contribution in [0.2, 0.25) is 0 Å². The van der Waals surface area contributed by atoms with E-state index >= 15 is 0 Å². The highest BCUT2D eigenvalue weighted by Gasteiger charge is 2.31. The van der Waals surface area contributed by atoms with Crippen LogP contribution in [0.5, 0.6) is 0 Å². The number of carbonyl (C=O) groups is 1. The van der Waals surface area contributed by atoms with Crippen molar-refractivity contribution in [3.05, 3.63) is 83.6 Å². The molecule has 5 heteroatoms. The first-order valence-electron chi connectivity index (χ1n) is 11.7. The maximum absolute atomic E-state index is 12.5. The van der Waals surface area contributed by atoms with E-state index in [1.54, 1.807) is 18.3 Å². The van der Waals surface area contributed by atoms with Crippen LogP contribution in [0.3, 0.4) is 0 Å². The number of rotatable bonds is 7. The zero-order valence-corrected chi connectivity index (χ0v) is 19.9. The van der Waals surface area contributed by atoms with E-state index in [9.17, 15) is 4.79 Å². The third kappa shape index (κ3) is 5.42. The number of aromatic nitrogens is 1. The fraction of sp³-hybridized carbons (Fsp3) is 0.357. The van der Waals surface area contributed by atoms with Gasteiger partial charge in [-0.25, -0.2) is 9.78 Å². The van der Waals surface area contributed by atoms with Crippen molar-refractivity contribution in [3.8, 4) is 11.1 Å². The topological polar surface area (TPSA) is 54.5 Å². The molecule has 0 bridgehead atoms. The summed E-state index contributed by atoms with van der Waals surface area (Å²) in [7, 11) is 0. The number of benzene rings is 2. The molecular formula is C28H33N3O2. The average molecular weight is 444 g/mol. The predicted molar refractivity (Wildman–Crippen MR) is 133 cm³/mol. The van der Waals surface area contributed by atoms with E-state index in [-0.39, 0.29) is 18.1 Å². The molecule has 1 saturated heterocycles. The lowest BCUT2D eigenvalue weighted by molar-refractivity contribution is 0.0378. The molecule has 1 N–H and O–H groups in total. The smallest absolute Gasteiger partial charge is 0.342 e. The summed E-state index contributed by atoms with van der Waals surface area (Å²) in [6, 6.07) is 21.4. The first-order chi connectivity index (χ1) is 15.9. The summed E-state index contributed by atoms with van der Waals surface area (Å²) in [6.07, 6.45) is 2.54. The van der Waals surface area contributed by atoms with E-state index in [1.165, 1.54) is 22.3 Å². The molecule has 172 valence electrons. The summed E-state index contributed by atoms with van der Waals surface area (Å²) >= 11 is 0. The molecule has 1 aliphatic heterocycles. The van der Waals surface area contributed by atoms with Crippen molar-refractivity contribution in [1.29, 1.82) is 0 Å². The largest absolute Gasteiger partial charge is 0.459 e. The lowest BCUT2D eigenvalue weighted by Crippen LogP contribution is -2.36. The second kappa shape index (κ2) is 10.2. The van der Waals surface area contributed by atoms with E-state index in [0.717, 1.165) is 19.5 Å². The van der Waals surface area contributed by atoms with Gasteiger partial charge >= 0.3 is 5.97 Å². The van der Waals surface area contributed by atoms with Crippen molar-refractivity contribution < 1.29 is 9.53 Å². The summed E-state index contributed by atoms with van der Waals surface area (Å²) in [4.78, 5) is 19.4. The highest BCUT2D eigenvalue weighted by atomic mass is 16.5. The van der Waals surface area contributed by atoms with Crippen LogP contribution < -0.4 is 5.32 Å². The van der Waals surface area contributed by atoms with Gasteiger partial charge in [0.2, 0.25) is 0 Å². The van der Waals surface area contributed by atoms with Crippen LogP contribution in [0.4, 0.5) is 5.82 Å². The van der Waals surface area contributed by atoms with E-state index in [4.69, 9.17) is 4.74 Å². The van der Waals surface area contributed by atoms with Crippen LogP contribution in [0.1, 0.15) is 48.7 Å². The fourth-order valence-corrected chi connectivity index (χ4v) is 4.53. The molecule has 2 aromatic carbocycles. The van der Waals surface area contributed by atoms with E-state index < -0.39 is 0 Å². The minimum atomic E-state index is -0.337. The Morgan fingerprint density at radius 1 is 1.15 bits per heavy atom. The van der Waals surface area contributed by atoms with Crippen molar-refractivity contribution in [2.24, 2.45) is 0 Å². The Morgan fingerprint density at radius 2 is 1.97 bits per heavy atom. The highest BCUT2D eigenvalue weighted by molar-refractivity contribution is 5.94. The molecule has 1 aliphatic rings. The maximum Gasteiger partial charge on any atom is 0.342 e. The first-order valence-corrected chi connectivity index (χ1v) is 11.7. The van der Waals surface area contributed by atoms with E-state index in [1.807, 2.05) is 13.8 Å². The molecule has 5 nitrogen and oxygen atoms in total. The Labute approximate surface area is 196 Å². The molecule has 1 aromatic heterocycles. The molecule has 0 amide bonds. The van der Waals surface area contributed by atoms with Gasteiger partial charge in [-0.05, 0) is 74.6 Å². The van der Waals surface area contributed by atoms with Gasteiger partial charge in [-0.3, -0.25) is 4.90 Å². The quantitative estimate of drug-likeness (QED) is 0.475. The zero-order valence-electron chi connectivity index (χ0n) is 19.9. The number of hydrogen-bond acceptors (Lipinski definition) is 5. The highest BCUT2D eigenvalue weighted by Crippen LogP contribution is 2.28. The van der Waals surface area contributed by atoms with Crippen LogP contribution in [0.25, 0.3) is 11.1 Å². The summed E-state index contributed by atoms with van der Waals surface area (Å²) in [5, 5.41) is 3.52. The lowest BCUT2D eigenvalue weighted by Gasteiger charge is -2.26. The second-order valence-electron chi connectivity index (χ2n) is 9.12. The van der Waals surface area contributed by atoms with Gasteiger partial charge in [0.15, 0.2) is 0 Å². The SMILES string of the molecule is Cc1ccccc1-c1cccc(CN2CC[C@@H](Nc3ncccc3C(=O)OC(C)C)C2C)c1. The van der Waals surface area contributed by atoms with Crippen LogP contribution in [0, 0.1) is 6.92 Å². The van der Waals surface area contributed by atoms with Crippen LogP contribution in [-0.2, 0) is 11.3 Å². The van der Waals surface area contributed by atoms with Crippen molar-refractivity contribution in [2.75, 3.05) is 11.9 Å². The van der Waals surface area contributed by atoms with Gasteiger partial charge < -0.3 is 10.1 Å². The Bertz CT molecular complexity index is 1110. The van der Waals surface area contributed by atoms with Gasteiger partial charge in [0.05, 0.1) is 6.10 Å². The molecule has 1 unspecified atom stereocenters. The minimum absolute atomic E-state index is 0.165. The number of nitrogens with zero attached hydrogens (tertiary/aromatic N) is 2. The number of hydrogen-bond donors (Lipinski definition) is 1. The molecule has 0 saturated carbocycles. The molecule has 4 rings (SSSR count). The Kier molecular flexibility index (Phi) is 7.09. The van der Waals surface area contributed by atoms with Crippen LogP contribution in [0.15, 0.2) is 66.9 Å². The molecule has 2 atom stereocenters. The van der Waals surface area contributed by atoms with Crippen molar-refractivity contribution >= 4 is 11.8 Å². The molecule has 1 fully saturated rings. The lowest BCUT2D eigenvalue weighted by atomic mass is 9.99. The standard InChI is InChI=1S/C28H33N3O2/c1-19(2)33-28(32)25-13-8-15-29-27(25)30-26-14-16-31(21(26)4)18-22-10-7-11-23(17-22)24-12-6-5-9-20(24)3/h5-13,15,17,19,21,26H,14,16,18H2,1-4H3,(H,29,30)/t21?,26-/m1/s1. The molecule has 0 spiro atoms. The zero-order chi connectivity index (χ0) is 23.4. The van der Waals surface area contributed by atoms with Gasteiger partial charge in [-0.15, -0.1) is 0 Å². The summed E-state index contributed by atoms with van der Waals surface area (Å²) < 4.78 is 5.40. The number of ether oxygens (including phenoxy) is 1. The number of aryl methyl sites for hydroxylation is 1. The number of carbonyl (C=O) groups excluding carboxylic acids is 1. The number of likely N-dealkylation sites (tertiary alicyclic amines) is 1. The second-order valence-corrected chi connectivity index (χ2v) is 9.12. The average Bonchev–Trinajstić information content (AvgIpc) is 3.13. The molecule has 0 radical (unpaired) electrons. The Hall–Kier alpha value is -3.18. The fourth-order valence-electron chi connectivity index (χ4n) is 4.53. The van der Waals surface area contributed by atoms with Gasteiger partial charge in [-0.2, -0.15) is 0 Å². The number of pyridine rings is 1. The predicted octanol–water partition coefficient (Wildman–Crippen LogP) is 5.70. The van der Waals surface area contributed by atoms with Gasteiger partial charge in [0.1, 0.15) is 11.4 Å². The number of esters is 1.